The molecule has 5 rings (SSSR count). The van der Waals surface area contributed by atoms with Crippen molar-refractivity contribution in [1.29, 1.82) is 0 Å². The minimum Gasteiger partial charge on any atom is -0.271 e. The number of alkyl halides is 1. The Kier molecular flexibility index (Phi) is 4.64. The molecule has 3 aliphatic heterocycles. The molecule has 2 aromatic rings. The Morgan fingerprint density at radius 1 is 1.00 bits per heavy atom. The molecule has 0 amide bonds. The number of nitrogens with zero attached hydrogens (tertiary/aromatic N) is 4. The first kappa shape index (κ1) is 19.0. The molecule has 4 atom stereocenters. The van der Waals surface area contributed by atoms with Crippen LogP contribution in [0.4, 0.5) is 0 Å². The summed E-state index contributed by atoms with van der Waals surface area (Å²) in [6, 6.07) is 14.3. The van der Waals surface area contributed by atoms with Crippen LogP contribution < -0.4 is 0 Å². The molecule has 1 saturated heterocycles. The highest BCUT2D eigenvalue weighted by molar-refractivity contribution is 7.89. The zero-order chi connectivity index (χ0) is 20.2. The van der Waals surface area contributed by atoms with Crippen LogP contribution in [0.3, 0.4) is 0 Å². The fourth-order valence-corrected chi connectivity index (χ4v) is 6.88. The Morgan fingerprint density at radius 2 is 1.69 bits per heavy atom. The lowest BCUT2D eigenvalue weighted by Gasteiger charge is -2.30. The maximum Gasteiger partial charge on any atom is 0.244 e. The molecule has 0 aromatic heterocycles. The summed E-state index contributed by atoms with van der Waals surface area (Å²) < 4.78 is 29.1. The summed E-state index contributed by atoms with van der Waals surface area (Å²) in [5, 5.41) is 10.9. The molecule has 8 heteroatoms. The number of aryl methyl sites for hydroxylation is 1. The molecule has 0 aliphatic carbocycles. The Balaban J connectivity index is 1.56. The van der Waals surface area contributed by atoms with Gasteiger partial charge in [-0.3, -0.25) is 5.01 Å². The minimum absolute atomic E-state index is 0.0644. The van der Waals surface area contributed by atoms with Crippen molar-refractivity contribution in [3.8, 4) is 0 Å². The predicted molar refractivity (Wildman–Crippen MR) is 111 cm³/mol. The van der Waals surface area contributed by atoms with Crippen molar-refractivity contribution in [2.45, 2.75) is 48.8 Å². The SMILES string of the molecule is Cc1ccc(S(=O)(=O)N2C3c4ccccc4C2C2C3N=NN2CCCCCl)cc1. The molecule has 0 radical (unpaired) electrons. The molecular formula is C21H23ClN4O2S. The van der Waals surface area contributed by atoms with Gasteiger partial charge in [0.2, 0.25) is 10.0 Å². The smallest absolute Gasteiger partial charge is 0.244 e. The van der Waals surface area contributed by atoms with E-state index < -0.39 is 10.0 Å². The van der Waals surface area contributed by atoms with Crippen LogP contribution in [-0.2, 0) is 10.0 Å². The lowest BCUT2D eigenvalue weighted by Crippen LogP contribution is -2.39. The van der Waals surface area contributed by atoms with Gasteiger partial charge in [0.15, 0.2) is 0 Å². The van der Waals surface area contributed by atoms with Crippen LogP contribution in [0.15, 0.2) is 63.8 Å². The van der Waals surface area contributed by atoms with E-state index >= 15 is 0 Å². The van der Waals surface area contributed by atoms with Gasteiger partial charge in [0.1, 0.15) is 6.04 Å². The molecule has 6 nitrogen and oxygen atoms in total. The van der Waals surface area contributed by atoms with Gasteiger partial charge >= 0.3 is 0 Å². The summed E-state index contributed by atoms with van der Waals surface area (Å²) in [5.41, 5.74) is 3.16. The van der Waals surface area contributed by atoms with Gasteiger partial charge in [-0.1, -0.05) is 47.2 Å². The second kappa shape index (κ2) is 7.07. The van der Waals surface area contributed by atoms with Crippen LogP contribution in [-0.4, -0.2) is 42.2 Å². The molecule has 0 spiro atoms. The quantitative estimate of drug-likeness (QED) is 0.508. The van der Waals surface area contributed by atoms with Gasteiger partial charge in [-0.2, -0.15) is 9.42 Å². The van der Waals surface area contributed by atoms with Crippen LogP contribution in [0.5, 0.6) is 0 Å². The van der Waals surface area contributed by atoms with Crippen molar-refractivity contribution in [1.82, 2.24) is 9.31 Å². The Labute approximate surface area is 176 Å². The van der Waals surface area contributed by atoms with Crippen LogP contribution >= 0.6 is 11.6 Å². The number of rotatable bonds is 6. The van der Waals surface area contributed by atoms with Crippen molar-refractivity contribution in [2.75, 3.05) is 12.4 Å². The largest absolute Gasteiger partial charge is 0.271 e. The minimum atomic E-state index is -3.67. The van der Waals surface area contributed by atoms with Gasteiger partial charge in [-0.25, -0.2) is 8.42 Å². The number of halogens is 1. The number of hydrogen-bond acceptors (Lipinski definition) is 5. The highest BCUT2D eigenvalue weighted by atomic mass is 35.5. The van der Waals surface area contributed by atoms with E-state index in [0.29, 0.717) is 10.8 Å². The molecule has 152 valence electrons. The van der Waals surface area contributed by atoms with Gasteiger partial charge in [0.05, 0.1) is 23.0 Å². The van der Waals surface area contributed by atoms with Crippen LogP contribution in [0.2, 0.25) is 0 Å². The topological polar surface area (TPSA) is 65.3 Å². The second-order valence-corrected chi connectivity index (χ2v) is 10.1. The molecular weight excluding hydrogens is 408 g/mol. The number of fused-ring (bicyclic) bond motifs is 8. The Hall–Kier alpha value is -1.96. The van der Waals surface area contributed by atoms with Crippen molar-refractivity contribution in [2.24, 2.45) is 10.3 Å². The summed E-state index contributed by atoms with van der Waals surface area (Å²) in [6.45, 7) is 2.69. The molecule has 2 aromatic carbocycles. The third kappa shape index (κ3) is 2.82. The number of hydrogen-bond donors (Lipinski definition) is 0. The van der Waals surface area contributed by atoms with E-state index in [-0.39, 0.29) is 24.2 Å². The van der Waals surface area contributed by atoms with E-state index in [1.807, 2.05) is 48.3 Å². The van der Waals surface area contributed by atoms with E-state index in [9.17, 15) is 8.42 Å². The number of unbranched alkanes of at least 4 members (excludes halogenated alkanes) is 1. The van der Waals surface area contributed by atoms with Crippen molar-refractivity contribution >= 4 is 21.6 Å². The van der Waals surface area contributed by atoms with E-state index in [1.54, 1.807) is 16.4 Å². The molecule has 4 unspecified atom stereocenters. The lowest BCUT2D eigenvalue weighted by molar-refractivity contribution is 0.187. The first-order chi connectivity index (χ1) is 14.0. The van der Waals surface area contributed by atoms with E-state index in [4.69, 9.17) is 11.6 Å². The predicted octanol–water partition coefficient (Wildman–Crippen LogP) is 4.23. The van der Waals surface area contributed by atoms with Gasteiger partial charge in [-0.05, 0) is 43.0 Å². The zero-order valence-corrected chi connectivity index (χ0v) is 17.7. The van der Waals surface area contributed by atoms with Gasteiger partial charge < -0.3 is 0 Å². The monoisotopic (exact) mass is 430 g/mol. The van der Waals surface area contributed by atoms with Crippen LogP contribution in [0.25, 0.3) is 0 Å². The number of sulfonamides is 1. The lowest BCUT2D eigenvalue weighted by atomic mass is 9.85. The third-order valence-electron chi connectivity index (χ3n) is 6.19. The maximum atomic E-state index is 13.7. The third-order valence-corrected chi connectivity index (χ3v) is 8.33. The molecule has 3 heterocycles. The molecule has 3 aliphatic rings. The normalized spacial score (nSPS) is 27.4. The first-order valence-corrected chi connectivity index (χ1v) is 11.9. The zero-order valence-electron chi connectivity index (χ0n) is 16.1. The molecule has 0 saturated carbocycles. The molecule has 0 N–H and O–H groups in total. The summed E-state index contributed by atoms with van der Waals surface area (Å²) >= 11 is 5.83. The van der Waals surface area contributed by atoms with Gasteiger partial charge in [0.25, 0.3) is 0 Å². The summed E-state index contributed by atoms with van der Waals surface area (Å²) in [6.07, 6.45) is 1.82. The Morgan fingerprint density at radius 3 is 2.38 bits per heavy atom. The van der Waals surface area contributed by atoms with E-state index in [2.05, 4.69) is 10.3 Å². The van der Waals surface area contributed by atoms with Crippen molar-refractivity contribution in [3.63, 3.8) is 0 Å². The first-order valence-electron chi connectivity index (χ1n) is 9.96. The van der Waals surface area contributed by atoms with E-state index in [1.165, 1.54) is 0 Å². The molecule has 1 fully saturated rings. The average Bonchev–Trinajstić information content (AvgIpc) is 3.37. The van der Waals surface area contributed by atoms with Crippen molar-refractivity contribution < 1.29 is 8.42 Å². The fraction of sp³-hybridized carbons (Fsp3) is 0.429. The van der Waals surface area contributed by atoms with Crippen molar-refractivity contribution in [3.05, 3.63) is 65.2 Å². The van der Waals surface area contributed by atoms with E-state index in [0.717, 1.165) is 36.1 Å². The second-order valence-electron chi connectivity index (χ2n) is 7.91. The van der Waals surface area contributed by atoms with Crippen LogP contribution in [0.1, 0.15) is 41.6 Å². The van der Waals surface area contributed by atoms with Crippen LogP contribution in [0, 0.1) is 6.92 Å². The Bertz CT molecular complexity index is 1060. The van der Waals surface area contributed by atoms with Gasteiger partial charge in [0, 0.05) is 12.4 Å². The van der Waals surface area contributed by atoms with Gasteiger partial charge in [-0.15, -0.1) is 11.6 Å². The molecule has 29 heavy (non-hydrogen) atoms. The number of benzene rings is 2. The summed E-state index contributed by atoms with van der Waals surface area (Å²) in [4.78, 5) is 0.330. The summed E-state index contributed by atoms with van der Waals surface area (Å²) in [5.74, 6) is 0.613. The highest BCUT2D eigenvalue weighted by Crippen LogP contribution is 2.59. The highest BCUT2D eigenvalue weighted by Gasteiger charge is 2.64. The molecule has 2 bridgehead atoms. The standard InChI is InChI=1S/C21H23ClN4O2S/c1-14-8-10-15(11-9-14)29(27,28)26-19-16-6-2-3-7-17(16)20(26)21-18(19)23-24-25(21)13-5-4-12-22/h2-3,6-11,18-21H,4-5,12-13H2,1H3. The summed E-state index contributed by atoms with van der Waals surface area (Å²) in [7, 11) is -3.67. The maximum absolute atomic E-state index is 13.7. The fourth-order valence-electron chi connectivity index (χ4n) is 4.89. The average molecular weight is 431 g/mol.